The van der Waals surface area contributed by atoms with Crippen molar-refractivity contribution in [2.24, 2.45) is 0 Å². The lowest BCUT2D eigenvalue weighted by atomic mass is 9.94. The molecule has 0 aromatic rings. The van der Waals surface area contributed by atoms with Gasteiger partial charge in [0, 0.05) is 12.6 Å². The van der Waals surface area contributed by atoms with Gasteiger partial charge in [-0.1, -0.05) is 19.3 Å². The van der Waals surface area contributed by atoms with Crippen LogP contribution in [0.5, 0.6) is 0 Å². The molecule has 0 saturated heterocycles. The highest BCUT2D eigenvalue weighted by Gasteiger charge is 2.30. The quantitative estimate of drug-likeness (QED) is 0.556. The average Bonchev–Trinajstić information content (AvgIpc) is 2.42. The van der Waals surface area contributed by atoms with Crippen LogP contribution in [-0.4, -0.2) is 63.6 Å². The molecule has 0 aliphatic heterocycles. The van der Waals surface area contributed by atoms with E-state index >= 15 is 0 Å². The lowest BCUT2D eigenvalue weighted by Crippen LogP contribution is -2.55. The zero-order valence-electron chi connectivity index (χ0n) is 11.8. The summed E-state index contributed by atoms with van der Waals surface area (Å²) < 4.78 is 0. The molecule has 0 bridgehead atoms. The Labute approximate surface area is 118 Å². The van der Waals surface area contributed by atoms with Gasteiger partial charge in [0.05, 0.1) is 12.7 Å². The summed E-state index contributed by atoms with van der Waals surface area (Å²) in [6, 6.07) is -1.86. The van der Waals surface area contributed by atoms with E-state index in [1.807, 2.05) is 0 Å². The number of carbonyl (C=O) groups is 2. The van der Waals surface area contributed by atoms with Gasteiger partial charge in [0.15, 0.2) is 6.04 Å². The van der Waals surface area contributed by atoms with Gasteiger partial charge in [0.1, 0.15) is 0 Å². The van der Waals surface area contributed by atoms with Gasteiger partial charge in [-0.15, -0.1) is 0 Å². The van der Waals surface area contributed by atoms with Gasteiger partial charge >= 0.3 is 12.0 Å². The predicted molar refractivity (Wildman–Crippen MR) is 72.3 cm³/mol. The SMILES string of the molecule is C[C@@H](O)[C@H](NC(=O)N(CCO)C1CCCCC1)C(=O)O. The summed E-state index contributed by atoms with van der Waals surface area (Å²) in [5, 5.41) is 29.8. The molecule has 116 valence electrons. The average molecular weight is 288 g/mol. The van der Waals surface area contributed by atoms with Gasteiger partial charge in [0.2, 0.25) is 0 Å². The van der Waals surface area contributed by atoms with Crippen molar-refractivity contribution in [1.82, 2.24) is 10.2 Å². The molecule has 1 rings (SSSR count). The lowest BCUT2D eigenvalue weighted by molar-refractivity contribution is -0.141. The number of rotatable bonds is 6. The number of aliphatic carboxylic acids is 1. The van der Waals surface area contributed by atoms with E-state index in [4.69, 9.17) is 10.2 Å². The largest absolute Gasteiger partial charge is 0.480 e. The summed E-state index contributed by atoms with van der Waals surface area (Å²) in [5.74, 6) is -1.28. The molecule has 0 radical (unpaired) electrons. The van der Waals surface area contributed by atoms with Crippen molar-refractivity contribution in [3.8, 4) is 0 Å². The Morgan fingerprint density at radius 2 is 1.90 bits per heavy atom. The van der Waals surface area contributed by atoms with E-state index in [9.17, 15) is 14.7 Å². The van der Waals surface area contributed by atoms with E-state index in [-0.39, 0.29) is 19.2 Å². The van der Waals surface area contributed by atoms with Crippen LogP contribution in [0.1, 0.15) is 39.0 Å². The number of hydrogen-bond acceptors (Lipinski definition) is 4. The molecule has 1 saturated carbocycles. The van der Waals surface area contributed by atoms with Gasteiger partial charge in [0.25, 0.3) is 0 Å². The second kappa shape index (κ2) is 8.06. The van der Waals surface area contributed by atoms with Crippen molar-refractivity contribution in [2.45, 2.75) is 57.2 Å². The smallest absolute Gasteiger partial charge is 0.328 e. The van der Waals surface area contributed by atoms with E-state index in [2.05, 4.69) is 5.32 Å². The summed E-state index contributed by atoms with van der Waals surface area (Å²) in [7, 11) is 0. The number of hydrogen-bond donors (Lipinski definition) is 4. The summed E-state index contributed by atoms with van der Waals surface area (Å²) in [5.41, 5.74) is 0. The zero-order chi connectivity index (χ0) is 15.1. The van der Waals surface area contributed by atoms with Crippen LogP contribution in [0, 0.1) is 0 Å². The Balaban J connectivity index is 2.69. The number of aliphatic hydroxyl groups is 2. The minimum Gasteiger partial charge on any atom is -0.480 e. The maximum absolute atomic E-state index is 12.2. The van der Waals surface area contributed by atoms with Gasteiger partial charge in [-0.2, -0.15) is 0 Å². The van der Waals surface area contributed by atoms with E-state index in [1.54, 1.807) is 0 Å². The molecule has 0 heterocycles. The number of amides is 2. The Morgan fingerprint density at radius 1 is 1.30 bits per heavy atom. The first-order valence-electron chi connectivity index (χ1n) is 7.06. The summed E-state index contributed by atoms with van der Waals surface area (Å²) in [6.45, 7) is 1.31. The molecule has 0 spiro atoms. The monoisotopic (exact) mass is 288 g/mol. The van der Waals surface area contributed by atoms with Gasteiger partial charge in [-0.25, -0.2) is 9.59 Å². The summed E-state index contributed by atoms with van der Waals surface area (Å²) in [4.78, 5) is 24.7. The van der Waals surface area contributed by atoms with E-state index in [1.165, 1.54) is 11.8 Å². The fraction of sp³-hybridized carbons (Fsp3) is 0.846. The Morgan fingerprint density at radius 3 is 2.35 bits per heavy atom. The first-order chi connectivity index (χ1) is 9.47. The molecule has 1 fully saturated rings. The minimum absolute atomic E-state index is 0.0272. The highest BCUT2D eigenvalue weighted by Crippen LogP contribution is 2.22. The van der Waals surface area contributed by atoms with Crippen molar-refractivity contribution >= 4 is 12.0 Å². The molecule has 0 unspecified atom stereocenters. The van der Waals surface area contributed by atoms with Crippen LogP contribution in [0.25, 0.3) is 0 Å². The molecular weight excluding hydrogens is 264 g/mol. The number of nitrogens with zero attached hydrogens (tertiary/aromatic N) is 1. The van der Waals surface area contributed by atoms with Crippen LogP contribution in [0.15, 0.2) is 0 Å². The van der Waals surface area contributed by atoms with Crippen LogP contribution >= 0.6 is 0 Å². The van der Waals surface area contributed by atoms with Crippen LogP contribution < -0.4 is 5.32 Å². The van der Waals surface area contributed by atoms with Crippen LogP contribution in [0.2, 0.25) is 0 Å². The number of urea groups is 1. The molecule has 1 aliphatic rings. The third-order valence-electron chi connectivity index (χ3n) is 3.64. The van der Waals surface area contributed by atoms with Crippen LogP contribution in [0.4, 0.5) is 4.79 Å². The fourth-order valence-corrected chi connectivity index (χ4v) is 2.56. The van der Waals surface area contributed by atoms with Crippen molar-refractivity contribution < 1.29 is 24.9 Å². The minimum atomic E-state index is -1.34. The van der Waals surface area contributed by atoms with Crippen molar-refractivity contribution in [2.75, 3.05) is 13.2 Å². The van der Waals surface area contributed by atoms with Gasteiger partial charge in [-0.3, -0.25) is 0 Å². The Kier molecular flexibility index (Phi) is 6.74. The topological polar surface area (TPSA) is 110 Å². The van der Waals surface area contributed by atoms with Crippen molar-refractivity contribution in [3.63, 3.8) is 0 Å². The van der Waals surface area contributed by atoms with E-state index < -0.39 is 24.1 Å². The number of carbonyl (C=O) groups excluding carboxylic acids is 1. The zero-order valence-corrected chi connectivity index (χ0v) is 11.8. The maximum atomic E-state index is 12.2. The van der Waals surface area contributed by atoms with E-state index in [0.29, 0.717) is 0 Å². The number of carboxylic acid groups (broad SMARTS) is 1. The fourth-order valence-electron chi connectivity index (χ4n) is 2.56. The molecule has 2 atom stereocenters. The lowest BCUT2D eigenvalue weighted by Gasteiger charge is -2.35. The molecule has 20 heavy (non-hydrogen) atoms. The number of aliphatic hydroxyl groups excluding tert-OH is 2. The summed E-state index contributed by atoms with van der Waals surface area (Å²) >= 11 is 0. The molecule has 0 aromatic heterocycles. The molecular formula is C13H24N2O5. The highest BCUT2D eigenvalue weighted by atomic mass is 16.4. The third kappa shape index (κ3) is 4.64. The second-order valence-electron chi connectivity index (χ2n) is 5.21. The van der Waals surface area contributed by atoms with Crippen molar-refractivity contribution in [1.29, 1.82) is 0 Å². The molecule has 0 aromatic carbocycles. The number of nitrogens with one attached hydrogen (secondary N) is 1. The highest BCUT2D eigenvalue weighted by molar-refractivity contribution is 5.83. The maximum Gasteiger partial charge on any atom is 0.328 e. The number of carboxylic acids is 1. The first-order valence-corrected chi connectivity index (χ1v) is 7.06. The molecule has 7 nitrogen and oxygen atoms in total. The normalized spacial score (nSPS) is 19.1. The van der Waals surface area contributed by atoms with Crippen molar-refractivity contribution in [3.05, 3.63) is 0 Å². The molecule has 7 heteroatoms. The Bertz CT molecular complexity index is 329. The molecule has 4 N–H and O–H groups in total. The standard InChI is InChI=1S/C13H24N2O5/c1-9(17)11(12(18)19)14-13(20)15(7-8-16)10-5-3-2-4-6-10/h9-11,16-17H,2-8H2,1H3,(H,14,20)(H,18,19)/t9-,11+/m1/s1. The first kappa shape index (κ1) is 16.7. The Hall–Kier alpha value is -1.34. The van der Waals surface area contributed by atoms with Crippen LogP contribution in [0.3, 0.4) is 0 Å². The van der Waals surface area contributed by atoms with E-state index in [0.717, 1.165) is 32.1 Å². The molecule has 2 amide bonds. The predicted octanol–water partition coefficient (Wildman–Crippen LogP) is 0.157. The van der Waals surface area contributed by atoms with Gasteiger partial charge < -0.3 is 25.5 Å². The van der Waals surface area contributed by atoms with Gasteiger partial charge in [-0.05, 0) is 19.8 Å². The third-order valence-corrected chi connectivity index (χ3v) is 3.64. The summed E-state index contributed by atoms with van der Waals surface area (Å²) in [6.07, 6.45) is 3.73. The van der Waals surface area contributed by atoms with Crippen LogP contribution in [-0.2, 0) is 4.79 Å². The second-order valence-corrected chi connectivity index (χ2v) is 5.21. The molecule has 1 aliphatic carbocycles.